The summed E-state index contributed by atoms with van der Waals surface area (Å²) in [6.45, 7) is 4.42. The maximum absolute atomic E-state index is 12.8. The first-order valence-electron chi connectivity index (χ1n) is 10.8. The Kier molecular flexibility index (Phi) is 5.54. The summed E-state index contributed by atoms with van der Waals surface area (Å²) in [7, 11) is -3.61. The fourth-order valence-electron chi connectivity index (χ4n) is 4.29. The standard InChI is InChI=1S/C23H24ClN5O3S/c1-16-15-29-20(25-16)3-2-4-22(29)27-8-10-28(11-9-27)23(30)7-12-33(31,32)21-14-17-13-18(24)5-6-19(17)26-21/h2-6,13-15,26H,7-12H2,1H3. The summed E-state index contributed by atoms with van der Waals surface area (Å²) in [5, 5.41) is 1.38. The third kappa shape index (κ3) is 4.30. The number of aryl methyl sites for hydroxylation is 1. The van der Waals surface area contributed by atoms with Gasteiger partial charge in [0.1, 0.15) is 16.5 Å². The van der Waals surface area contributed by atoms with Gasteiger partial charge in [-0.05, 0) is 43.3 Å². The maximum atomic E-state index is 12.8. The van der Waals surface area contributed by atoms with Crippen LogP contribution in [0.3, 0.4) is 0 Å². The molecular weight excluding hydrogens is 462 g/mol. The number of aromatic amines is 1. The molecule has 5 rings (SSSR count). The molecule has 10 heteroatoms. The van der Waals surface area contributed by atoms with E-state index in [9.17, 15) is 13.2 Å². The van der Waals surface area contributed by atoms with Crippen molar-refractivity contribution in [3.63, 3.8) is 0 Å². The van der Waals surface area contributed by atoms with Crippen LogP contribution < -0.4 is 4.90 Å². The number of carbonyl (C=O) groups is 1. The molecule has 0 aliphatic carbocycles. The van der Waals surface area contributed by atoms with Gasteiger partial charge in [-0.25, -0.2) is 13.4 Å². The van der Waals surface area contributed by atoms with Crippen molar-refractivity contribution in [1.29, 1.82) is 0 Å². The van der Waals surface area contributed by atoms with E-state index in [4.69, 9.17) is 11.6 Å². The third-order valence-corrected chi connectivity index (χ3v) is 7.89. The summed E-state index contributed by atoms with van der Waals surface area (Å²) in [6, 6.07) is 12.7. The average molecular weight is 486 g/mol. The quantitative estimate of drug-likeness (QED) is 0.468. The predicted molar refractivity (Wildman–Crippen MR) is 129 cm³/mol. The number of anilines is 1. The number of H-pyrrole nitrogens is 1. The van der Waals surface area contributed by atoms with E-state index in [1.165, 1.54) is 0 Å². The van der Waals surface area contributed by atoms with Crippen LogP contribution in [-0.4, -0.2) is 65.5 Å². The second-order valence-corrected chi connectivity index (χ2v) is 10.8. The van der Waals surface area contributed by atoms with Crippen molar-refractivity contribution in [2.24, 2.45) is 0 Å². The largest absolute Gasteiger partial charge is 0.354 e. The second kappa shape index (κ2) is 8.39. The summed E-state index contributed by atoms with van der Waals surface area (Å²) in [4.78, 5) is 24.2. The minimum absolute atomic E-state index is 0.0469. The number of aromatic nitrogens is 3. The van der Waals surface area contributed by atoms with E-state index in [2.05, 4.69) is 19.3 Å². The van der Waals surface area contributed by atoms with Crippen molar-refractivity contribution >= 4 is 49.7 Å². The first kappa shape index (κ1) is 21.8. The Morgan fingerprint density at radius 2 is 1.91 bits per heavy atom. The molecule has 0 atom stereocenters. The lowest BCUT2D eigenvalue weighted by molar-refractivity contribution is -0.131. The molecule has 1 N–H and O–H groups in total. The van der Waals surface area contributed by atoms with E-state index in [-0.39, 0.29) is 23.1 Å². The molecule has 172 valence electrons. The zero-order valence-electron chi connectivity index (χ0n) is 18.2. The smallest absolute Gasteiger partial charge is 0.223 e. The molecule has 4 aromatic rings. The molecule has 1 aromatic carbocycles. The molecule has 1 fully saturated rings. The first-order valence-corrected chi connectivity index (χ1v) is 12.8. The second-order valence-electron chi connectivity index (χ2n) is 8.30. The number of nitrogens with zero attached hydrogens (tertiary/aromatic N) is 4. The number of carbonyl (C=O) groups excluding carboxylic acids is 1. The Labute approximate surface area is 196 Å². The topological polar surface area (TPSA) is 90.8 Å². The number of hydrogen-bond acceptors (Lipinski definition) is 5. The lowest BCUT2D eigenvalue weighted by Crippen LogP contribution is -2.49. The number of hydrogen-bond donors (Lipinski definition) is 1. The van der Waals surface area contributed by atoms with Gasteiger partial charge >= 0.3 is 0 Å². The van der Waals surface area contributed by atoms with E-state index < -0.39 is 9.84 Å². The number of fused-ring (bicyclic) bond motifs is 2. The van der Waals surface area contributed by atoms with Crippen LogP contribution in [0.25, 0.3) is 16.6 Å². The Morgan fingerprint density at radius 1 is 1.12 bits per heavy atom. The van der Waals surface area contributed by atoms with Crippen LogP contribution in [0.15, 0.2) is 53.7 Å². The van der Waals surface area contributed by atoms with Gasteiger partial charge in [0, 0.05) is 54.7 Å². The molecule has 0 radical (unpaired) electrons. The van der Waals surface area contributed by atoms with Crippen molar-refractivity contribution < 1.29 is 13.2 Å². The van der Waals surface area contributed by atoms with Gasteiger partial charge in [-0.1, -0.05) is 17.7 Å². The zero-order chi connectivity index (χ0) is 23.2. The Bertz CT molecular complexity index is 1450. The van der Waals surface area contributed by atoms with Crippen molar-refractivity contribution in [3.8, 4) is 0 Å². The van der Waals surface area contributed by atoms with E-state index in [1.54, 1.807) is 29.2 Å². The van der Waals surface area contributed by atoms with Gasteiger partial charge in [0.15, 0.2) is 9.84 Å². The van der Waals surface area contributed by atoms with Crippen LogP contribution in [0.4, 0.5) is 5.82 Å². The number of rotatable bonds is 5. The molecule has 4 heterocycles. The van der Waals surface area contributed by atoms with Crippen LogP contribution in [-0.2, 0) is 14.6 Å². The average Bonchev–Trinajstić information content (AvgIpc) is 3.40. The highest BCUT2D eigenvalue weighted by Gasteiger charge is 2.25. The van der Waals surface area contributed by atoms with Crippen molar-refractivity contribution in [3.05, 3.63) is 59.4 Å². The highest BCUT2D eigenvalue weighted by molar-refractivity contribution is 7.91. The van der Waals surface area contributed by atoms with Gasteiger partial charge in [0.2, 0.25) is 5.91 Å². The minimum atomic E-state index is -3.61. The van der Waals surface area contributed by atoms with Crippen LogP contribution in [0.5, 0.6) is 0 Å². The lowest BCUT2D eigenvalue weighted by Gasteiger charge is -2.36. The van der Waals surface area contributed by atoms with E-state index in [0.717, 1.165) is 22.5 Å². The normalized spacial score (nSPS) is 15.0. The zero-order valence-corrected chi connectivity index (χ0v) is 19.7. The van der Waals surface area contributed by atoms with E-state index >= 15 is 0 Å². The molecule has 3 aromatic heterocycles. The monoisotopic (exact) mass is 485 g/mol. The number of pyridine rings is 1. The number of amides is 1. The van der Waals surface area contributed by atoms with E-state index in [1.807, 2.05) is 31.3 Å². The van der Waals surface area contributed by atoms with Crippen molar-refractivity contribution in [2.45, 2.75) is 18.4 Å². The fourth-order valence-corrected chi connectivity index (χ4v) is 5.71. The van der Waals surface area contributed by atoms with Gasteiger partial charge in [-0.2, -0.15) is 0 Å². The van der Waals surface area contributed by atoms with Gasteiger partial charge < -0.3 is 14.8 Å². The molecule has 33 heavy (non-hydrogen) atoms. The number of benzene rings is 1. The third-order valence-electron chi connectivity index (χ3n) is 6.03. The Balaban J connectivity index is 1.21. The number of halogens is 1. The molecule has 0 bridgehead atoms. The van der Waals surface area contributed by atoms with Gasteiger partial charge in [0.05, 0.1) is 11.4 Å². The number of nitrogens with one attached hydrogen (secondary N) is 1. The van der Waals surface area contributed by atoms with Crippen LogP contribution >= 0.6 is 11.6 Å². The molecule has 1 saturated heterocycles. The molecule has 1 amide bonds. The Morgan fingerprint density at radius 3 is 2.70 bits per heavy atom. The Hall–Kier alpha value is -3.04. The van der Waals surface area contributed by atoms with Crippen LogP contribution in [0.1, 0.15) is 12.1 Å². The highest BCUT2D eigenvalue weighted by Crippen LogP contribution is 2.24. The minimum Gasteiger partial charge on any atom is -0.354 e. The van der Waals surface area contributed by atoms with Gasteiger partial charge in [0.25, 0.3) is 0 Å². The summed E-state index contributed by atoms with van der Waals surface area (Å²) < 4.78 is 27.6. The molecular formula is C23H24ClN5O3S. The number of imidazole rings is 1. The molecule has 8 nitrogen and oxygen atoms in total. The SMILES string of the molecule is Cc1cn2c(N3CCN(C(=O)CCS(=O)(=O)c4cc5cc(Cl)ccc5[nH]4)CC3)cccc2n1. The van der Waals surface area contributed by atoms with Crippen LogP contribution in [0, 0.1) is 6.92 Å². The summed E-state index contributed by atoms with van der Waals surface area (Å²) in [6.07, 6.45) is 1.96. The summed E-state index contributed by atoms with van der Waals surface area (Å²) in [5.41, 5.74) is 2.55. The molecule has 0 spiro atoms. The van der Waals surface area contributed by atoms with Gasteiger partial charge in [-0.3, -0.25) is 9.20 Å². The molecule has 0 saturated carbocycles. The fraction of sp³-hybridized carbons (Fsp3) is 0.304. The maximum Gasteiger partial charge on any atom is 0.223 e. The molecule has 0 unspecified atom stereocenters. The summed E-state index contributed by atoms with van der Waals surface area (Å²) >= 11 is 5.99. The first-order chi connectivity index (χ1) is 15.8. The number of piperazine rings is 1. The lowest BCUT2D eigenvalue weighted by atomic mass is 10.2. The summed E-state index contributed by atoms with van der Waals surface area (Å²) in [5.74, 6) is 0.663. The van der Waals surface area contributed by atoms with E-state index in [0.29, 0.717) is 36.7 Å². The van der Waals surface area contributed by atoms with Gasteiger partial charge in [-0.15, -0.1) is 0 Å². The number of sulfone groups is 1. The molecule has 1 aliphatic heterocycles. The molecule has 1 aliphatic rings. The van der Waals surface area contributed by atoms with Crippen molar-refractivity contribution in [2.75, 3.05) is 36.8 Å². The highest BCUT2D eigenvalue weighted by atomic mass is 35.5. The van der Waals surface area contributed by atoms with Crippen molar-refractivity contribution in [1.82, 2.24) is 19.3 Å². The predicted octanol–water partition coefficient (Wildman–Crippen LogP) is 3.29. The van der Waals surface area contributed by atoms with Crippen LogP contribution in [0.2, 0.25) is 5.02 Å².